The zero-order valence-corrected chi connectivity index (χ0v) is 9.79. The Morgan fingerprint density at radius 1 is 1.81 bits per heavy atom. The smallest absolute Gasteiger partial charge is 0.360 e. The van der Waals surface area contributed by atoms with Crippen LogP contribution in [0.3, 0.4) is 0 Å². The van der Waals surface area contributed by atoms with Crippen molar-refractivity contribution in [3.63, 3.8) is 0 Å². The lowest BCUT2D eigenvalue weighted by Gasteiger charge is -2.03. The third kappa shape index (κ3) is 2.94. The first kappa shape index (κ1) is 12.5. The predicted molar refractivity (Wildman–Crippen MR) is 64.1 cm³/mol. The number of nitrogens with zero attached hydrogens (tertiary/aromatic N) is 2. The number of anilines is 1. The summed E-state index contributed by atoms with van der Waals surface area (Å²) in [5.74, 6) is 3.83. The number of imidazole rings is 1. The summed E-state index contributed by atoms with van der Waals surface area (Å²) in [6, 6.07) is 0. The number of terminal acetylenes is 1. The predicted octanol–water partition coefficient (Wildman–Crippen LogP) is 0.618. The van der Waals surface area contributed by atoms with E-state index < -0.39 is 5.97 Å². The third-order valence-corrected chi connectivity index (χ3v) is 2.76. The number of nitrogen functional groups attached to an aromatic ring is 1. The molecule has 0 aliphatic rings. The largest absolute Gasteiger partial charge is 0.464 e. The van der Waals surface area contributed by atoms with Gasteiger partial charge < -0.3 is 15.0 Å². The Morgan fingerprint density at radius 2 is 2.56 bits per heavy atom. The number of hydrogen-bond acceptors (Lipinski definition) is 5. The summed E-state index contributed by atoms with van der Waals surface area (Å²) in [6.45, 7) is 0.669. The van der Waals surface area contributed by atoms with E-state index in [-0.39, 0.29) is 5.69 Å². The molecule has 5 nitrogen and oxygen atoms in total. The van der Waals surface area contributed by atoms with E-state index in [1.807, 2.05) is 0 Å². The van der Waals surface area contributed by atoms with Crippen molar-refractivity contribution in [1.29, 1.82) is 0 Å². The number of hydrogen-bond donors (Lipinski definition) is 1. The van der Waals surface area contributed by atoms with E-state index in [9.17, 15) is 4.79 Å². The lowest BCUT2D eigenvalue weighted by atomic mass is 10.4. The highest BCUT2D eigenvalue weighted by Gasteiger charge is 2.15. The molecule has 0 saturated carbocycles. The molecule has 0 aliphatic heterocycles. The van der Waals surface area contributed by atoms with Gasteiger partial charge in [-0.2, -0.15) is 0 Å². The second-order valence-electron chi connectivity index (χ2n) is 2.92. The average Bonchev–Trinajstić information content (AvgIpc) is 2.65. The van der Waals surface area contributed by atoms with E-state index in [1.54, 1.807) is 16.3 Å². The van der Waals surface area contributed by atoms with Gasteiger partial charge in [-0.25, -0.2) is 9.78 Å². The average molecular weight is 239 g/mol. The van der Waals surface area contributed by atoms with E-state index in [1.165, 1.54) is 13.4 Å². The Bertz CT molecular complexity index is 409. The number of carbonyl (C=O) groups excluding carboxylic acids is 1. The standard InChI is InChI=1S/C10H13N3O2S/c1-3-5-16-6-4-13-7-12-8(9(13)11)10(14)15-2/h1,7H,4-6,11H2,2H3. The molecule has 1 aromatic rings. The van der Waals surface area contributed by atoms with Gasteiger partial charge in [-0.1, -0.05) is 5.92 Å². The van der Waals surface area contributed by atoms with E-state index in [4.69, 9.17) is 12.2 Å². The number of nitrogens with two attached hydrogens (primary N) is 1. The molecule has 1 heterocycles. The van der Waals surface area contributed by atoms with Gasteiger partial charge in [0.2, 0.25) is 0 Å². The molecule has 1 rings (SSSR count). The highest BCUT2D eigenvalue weighted by molar-refractivity contribution is 7.99. The van der Waals surface area contributed by atoms with Crippen molar-refractivity contribution >= 4 is 23.5 Å². The highest BCUT2D eigenvalue weighted by Crippen LogP contribution is 2.12. The zero-order chi connectivity index (χ0) is 12.0. The number of aryl methyl sites for hydroxylation is 1. The lowest BCUT2D eigenvalue weighted by molar-refractivity contribution is 0.0596. The van der Waals surface area contributed by atoms with Gasteiger partial charge in [0.15, 0.2) is 5.69 Å². The van der Waals surface area contributed by atoms with Crippen molar-refractivity contribution in [3.8, 4) is 12.3 Å². The topological polar surface area (TPSA) is 70.1 Å². The fourth-order valence-electron chi connectivity index (χ4n) is 1.12. The number of ether oxygens (including phenoxy) is 1. The Balaban J connectivity index is 2.59. The Kier molecular flexibility index (Phi) is 4.73. The molecule has 0 aromatic carbocycles. The molecule has 86 valence electrons. The summed E-state index contributed by atoms with van der Waals surface area (Å²) < 4.78 is 6.25. The zero-order valence-electron chi connectivity index (χ0n) is 8.97. The number of aromatic nitrogens is 2. The normalized spacial score (nSPS) is 9.75. The van der Waals surface area contributed by atoms with Crippen LogP contribution in [0, 0.1) is 12.3 Å². The van der Waals surface area contributed by atoms with Crippen LogP contribution in [0.5, 0.6) is 0 Å². The molecular weight excluding hydrogens is 226 g/mol. The van der Waals surface area contributed by atoms with Crippen LogP contribution in [0.2, 0.25) is 0 Å². The Morgan fingerprint density at radius 3 is 3.19 bits per heavy atom. The van der Waals surface area contributed by atoms with Gasteiger partial charge in [-0.05, 0) is 0 Å². The summed E-state index contributed by atoms with van der Waals surface area (Å²) in [5.41, 5.74) is 5.90. The van der Waals surface area contributed by atoms with Crippen LogP contribution in [-0.4, -0.2) is 34.1 Å². The van der Waals surface area contributed by atoms with Gasteiger partial charge in [0.05, 0.1) is 19.2 Å². The number of esters is 1. The van der Waals surface area contributed by atoms with Gasteiger partial charge in [0.1, 0.15) is 5.82 Å². The quantitative estimate of drug-likeness (QED) is 0.463. The minimum atomic E-state index is -0.521. The number of rotatable bonds is 5. The maximum atomic E-state index is 11.2. The van der Waals surface area contributed by atoms with Crippen LogP contribution in [0.1, 0.15) is 10.5 Å². The van der Waals surface area contributed by atoms with Crippen LogP contribution in [0.25, 0.3) is 0 Å². The highest BCUT2D eigenvalue weighted by atomic mass is 32.2. The number of thioether (sulfide) groups is 1. The third-order valence-electron chi connectivity index (χ3n) is 1.92. The summed E-state index contributed by atoms with van der Waals surface area (Å²) in [6.07, 6.45) is 6.65. The summed E-state index contributed by atoms with van der Waals surface area (Å²) >= 11 is 1.62. The molecule has 6 heteroatoms. The molecule has 0 amide bonds. The van der Waals surface area contributed by atoms with Crippen LogP contribution in [-0.2, 0) is 11.3 Å². The molecule has 16 heavy (non-hydrogen) atoms. The van der Waals surface area contributed by atoms with Gasteiger partial charge >= 0.3 is 5.97 Å². The molecular formula is C10H13N3O2S. The SMILES string of the molecule is C#CCSCCn1cnc(C(=O)OC)c1N. The minimum Gasteiger partial charge on any atom is -0.464 e. The first-order chi connectivity index (χ1) is 7.70. The van der Waals surface area contributed by atoms with Gasteiger partial charge in [-0.15, -0.1) is 18.2 Å². The first-order valence-electron chi connectivity index (χ1n) is 4.60. The molecule has 0 atom stereocenters. The molecule has 0 bridgehead atoms. The summed E-state index contributed by atoms with van der Waals surface area (Å²) in [5, 5.41) is 0. The lowest BCUT2D eigenvalue weighted by Crippen LogP contribution is -2.09. The fourth-order valence-corrected chi connectivity index (χ4v) is 1.71. The molecule has 0 unspecified atom stereocenters. The van der Waals surface area contributed by atoms with Crippen LogP contribution < -0.4 is 5.73 Å². The second-order valence-corrected chi connectivity index (χ2v) is 4.03. The van der Waals surface area contributed by atoms with Crippen molar-refractivity contribution < 1.29 is 9.53 Å². The van der Waals surface area contributed by atoms with Crippen LogP contribution in [0.4, 0.5) is 5.82 Å². The summed E-state index contributed by atoms with van der Waals surface area (Å²) in [7, 11) is 1.30. The molecule has 0 spiro atoms. The van der Waals surface area contributed by atoms with Crippen molar-refractivity contribution in [2.24, 2.45) is 0 Å². The minimum absolute atomic E-state index is 0.157. The van der Waals surface area contributed by atoms with Crippen molar-refractivity contribution in [2.75, 3.05) is 24.3 Å². The van der Waals surface area contributed by atoms with Crippen LogP contribution in [0.15, 0.2) is 6.33 Å². The van der Waals surface area contributed by atoms with E-state index in [0.717, 1.165) is 5.75 Å². The number of carbonyl (C=O) groups is 1. The van der Waals surface area contributed by atoms with E-state index in [0.29, 0.717) is 18.1 Å². The van der Waals surface area contributed by atoms with Crippen molar-refractivity contribution in [2.45, 2.75) is 6.54 Å². The van der Waals surface area contributed by atoms with Crippen LogP contribution >= 0.6 is 11.8 Å². The fraction of sp³-hybridized carbons (Fsp3) is 0.400. The van der Waals surface area contributed by atoms with Crippen molar-refractivity contribution in [1.82, 2.24) is 9.55 Å². The summed E-state index contributed by atoms with van der Waals surface area (Å²) in [4.78, 5) is 15.1. The van der Waals surface area contributed by atoms with E-state index in [2.05, 4.69) is 15.6 Å². The first-order valence-corrected chi connectivity index (χ1v) is 5.76. The van der Waals surface area contributed by atoms with Crippen molar-refractivity contribution in [3.05, 3.63) is 12.0 Å². The van der Waals surface area contributed by atoms with Gasteiger partial charge in [0.25, 0.3) is 0 Å². The Hall–Kier alpha value is -1.61. The monoisotopic (exact) mass is 239 g/mol. The van der Waals surface area contributed by atoms with Gasteiger partial charge in [-0.3, -0.25) is 0 Å². The maximum Gasteiger partial charge on any atom is 0.360 e. The maximum absolute atomic E-state index is 11.2. The van der Waals surface area contributed by atoms with E-state index >= 15 is 0 Å². The molecule has 0 radical (unpaired) electrons. The Labute approximate surface area is 98.4 Å². The number of methoxy groups -OCH3 is 1. The molecule has 2 N–H and O–H groups in total. The molecule has 0 aliphatic carbocycles. The van der Waals surface area contributed by atoms with Gasteiger partial charge in [0, 0.05) is 12.3 Å². The second kappa shape index (κ2) is 6.08. The molecule has 0 saturated heterocycles. The molecule has 0 fully saturated rings. The molecule has 1 aromatic heterocycles.